The predicted octanol–water partition coefficient (Wildman–Crippen LogP) is 4.00. The maximum atomic E-state index is 9.74. The summed E-state index contributed by atoms with van der Waals surface area (Å²) in [5.74, 6) is 0.808. The molecule has 0 radical (unpaired) electrons. The van der Waals surface area contributed by atoms with E-state index in [2.05, 4.69) is 26.0 Å². The van der Waals surface area contributed by atoms with Crippen LogP contribution in [0.1, 0.15) is 38.9 Å². The van der Waals surface area contributed by atoms with Gasteiger partial charge in [0.2, 0.25) is 0 Å². The predicted molar refractivity (Wildman–Crippen MR) is 68.8 cm³/mol. The molecule has 1 heterocycles. The summed E-state index contributed by atoms with van der Waals surface area (Å²) in [4.78, 5) is 0. The number of benzene rings is 1. The van der Waals surface area contributed by atoms with Crippen LogP contribution in [0.15, 0.2) is 41.7 Å². The minimum atomic E-state index is 0.0465. The Morgan fingerprint density at radius 3 is 2.41 bits per heavy atom. The molecule has 2 atom stereocenters. The van der Waals surface area contributed by atoms with Crippen molar-refractivity contribution in [1.29, 1.82) is 0 Å². The zero-order valence-corrected chi connectivity index (χ0v) is 10.7. The Hall–Kier alpha value is -1.28. The standard InChI is InChI=1S/C15H20O2/c1-10(2)15-13(11(3)16)9-14(17-15)12-7-5-4-6-8-12/h4-8,10,14-16H,9H2,1-3H3/b13-11+/t14-,15-/m0/s1. The summed E-state index contributed by atoms with van der Waals surface area (Å²) in [7, 11) is 0. The van der Waals surface area contributed by atoms with Gasteiger partial charge in [-0.15, -0.1) is 0 Å². The van der Waals surface area contributed by atoms with E-state index in [-0.39, 0.29) is 12.2 Å². The second-order valence-electron chi connectivity index (χ2n) is 5.01. The molecule has 1 aromatic carbocycles. The van der Waals surface area contributed by atoms with Crippen molar-refractivity contribution in [3.05, 3.63) is 47.2 Å². The fraction of sp³-hybridized carbons (Fsp3) is 0.467. The minimum Gasteiger partial charge on any atom is -0.513 e. The van der Waals surface area contributed by atoms with Gasteiger partial charge in [-0.3, -0.25) is 0 Å². The van der Waals surface area contributed by atoms with E-state index in [1.807, 2.05) is 18.2 Å². The summed E-state index contributed by atoms with van der Waals surface area (Å²) in [5, 5.41) is 9.74. The molecule has 0 spiro atoms. The third-order valence-corrected chi connectivity index (χ3v) is 3.30. The van der Waals surface area contributed by atoms with Gasteiger partial charge in [-0.1, -0.05) is 44.2 Å². The Morgan fingerprint density at radius 1 is 1.29 bits per heavy atom. The quantitative estimate of drug-likeness (QED) is 0.781. The van der Waals surface area contributed by atoms with Gasteiger partial charge in [-0.2, -0.15) is 0 Å². The van der Waals surface area contributed by atoms with Crippen molar-refractivity contribution in [2.24, 2.45) is 5.92 Å². The molecule has 1 fully saturated rings. The van der Waals surface area contributed by atoms with Crippen molar-refractivity contribution in [2.75, 3.05) is 0 Å². The van der Waals surface area contributed by atoms with Crippen LogP contribution in [-0.4, -0.2) is 11.2 Å². The van der Waals surface area contributed by atoms with Crippen LogP contribution in [0.3, 0.4) is 0 Å². The molecule has 0 saturated carbocycles. The normalized spacial score (nSPS) is 27.5. The maximum Gasteiger partial charge on any atom is 0.0910 e. The summed E-state index contributed by atoms with van der Waals surface area (Å²) in [5.41, 5.74) is 2.24. The Bertz CT molecular complexity index is 402. The lowest BCUT2D eigenvalue weighted by Crippen LogP contribution is -2.17. The van der Waals surface area contributed by atoms with E-state index in [1.54, 1.807) is 6.92 Å². The molecular weight excluding hydrogens is 212 g/mol. The molecule has 1 N–H and O–H groups in total. The molecule has 2 heteroatoms. The first-order valence-corrected chi connectivity index (χ1v) is 6.18. The maximum absolute atomic E-state index is 9.74. The smallest absolute Gasteiger partial charge is 0.0910 e. The van der Waals surface area contributed by atoms with Gasteiger partial charge in [0.05, 0.1) is 18.0 Å². The van der Waals surface area contributed by atoms with Gasteiger partial charge >= 0.3 is 0 Å². The molecule has 2 nitrogen and oxygen atoms in total. The highest BCUT2D eigenvalue weighted by molar-refractivity contribution is 5.25. The molecular formula is C15H20O2. The van der Waals surface area contributed by atoms with Crippen molar-refractivity contribution in [1.82, 2.24) is 0 Å². The number of rotatable bonds is 2. The highest BCUT2D eigenvalue weighted by Gasteiger charge is 2.34. The van der Waals surface area contributed by atoms with Crippen molar-refractivity contribution in [3.63, 3.8) is 0 Å². The monoisotopic (exact) mass is 232 g/mol. The average molecular weight is 232 g/mol. The fourth-order valence-electron chi connectivity index (χ4n) is 2.40. The second-order valence-corrected chi connectivity index (χ2v) is 5.01. The Morgan fingerprint density at radius 2 is 1.94 bits per heavy atom. The highest BCUT2D eigenvalue weighted by Crippen LogP contribution is 2.40. The van der Waals surface area contributed by atoms with E-state index in [4.69, 9.17) is 4.74 Å². The van der Waals surface area contributed by atoms with Crippen molar-refractivity contribution in [2.45, 2.75) is 39.4 Å². The summed E-state index contributed by atoms with van der Waals surface area (Å²) < 4.78 is 6.06. The van der Waals surface area contributed by atoms with E-state index in [9.17, 15) is 5.11 Å². The van der Waals surface area contributed by atoms with Crippen LogP contribution in [0.5, 0.6) is 0 Å². The third-order valence-electron chi connectivity index (χ3n) is 3.30. The summed E-state index contributed by atoms with van der Waals surface area (Å²) in [6, 6.07) is 10.2. The zero-order valence-electron chi connectivity index (χ0n) is 10.7. The van der Waals surface area contributed by atoms with Gasteiger partial charge in [-0.05, 0) is 24.0 Å². The molecule has 0 aliphatic carbocycles. The first-order chi connectivity index (χ1) is 8.09. The largest absolute Gasteiger partial charge is 0.513 e. The molecule has 17 heavy (non-hydrogen) atoms. The molecule has 2 rings (SSSR count). The lowest BCUT2D eigenvalue weighted by atomic mass is 9.96. The number of aliphatic hydroxyl groups is 1. The van der Waals surface area contributed by atoms with Crippen LogP contribution in [0, 0.1) is 5.92 Å². The lowest BCUT2D eigenvalue weighted by molar-refractivity contribution is 0.0269. The van der Waals surface area contributed by atoms with Crippen LogP contribution >= 0.6 is 0 Å². The fourth-order valence-corrected chi connectivity index (χ4v) is 2.40. The Kier molecular flexibility index (Phi) is 3.53. The van der Waals surface area contributed by atoms with Crippen LogP contribution < -0.4 is 0 Å². The zero-order chi connectivity index (χ0) is 12.4. The van der Waals surface area contributed by atoms with Crippen LogP contribution in [-0.2, 0) is 4.74 Å². The molecule has 0 aromatic heterocycles. The molecule has 0 bridgehead atoms. The topological polar surface area (TPSA) is 29.5 Å². The number of aliphatic hydroxyl groups excluding tert-OH is 1. The van der Waals surface area contributed by atoms with Crippen LogP contribution in [0.25, 0.3) is 0 Å². The average Bonchev–Trinajstić information content (AvgIpc) is 2.75. The van der Waals surface area contributed by atoms with Gasteiger partial charge < -0.3 is 9.84 Å². The number of allylic oxidation sites excluding steroid dienone is 1. The molecule has 1 aliphatic rings. The Labute approximate surface area is 103 Å². The Balaban J connectivity index is 2.24. The number of hydrogen-bond acceptors (Lipinski definition) is 2. The van der Waals surface area contributed by atoms with E-state index >= 15 is 0 Å². The third kappa shape index (κ3) is 2.52. The summed E-state index contributed by atoms with van der Waals surface area (Å²) in [6.45, 7) is 6.00. The van der Waals surface area contributed by atoms with E-state index < -0.39 is 0 Å². The highest BCUT2D eigenvalue weighted by atomic mass is 16.5. The SMILES string of the molecule is C/C(O)=C1/C[C@@H](c2ccccc2)O[C@H]1C(C)C. The van der Waals surface area contributed by atoms with Crippen molar-refractivity contribution in [3.8, 4) is 0 Å². The van der Waals surface area contributed by atoms with Gasteiger partial charge in [0, 0.05) is 6.42 Å². The van der Waals surface area contributed by atoms with E-state index in [1.165, 1.54) is 5.56 Å². The van der Waals surface area contributed by atoms with Crippen LogP contribution in [0.2, 0.25) is 0 Å². The molecule has 92 valence electrons. The first-order valence-electron chi connectivity index (χ1n) is 6.18. The summed E-state index contributed by atoms with van der Waals surface area (Å²) >= 11 is 0. The van der Waals surface area contributed by atoms with Gasteiger partial charge in [-0.25, -0.2) is 0 Å². The molecule has 0 unspecified atom stereocenters. The minimum absolute atomic E-state index is 0.0465. The van der Waals surface area contributed by atoms with E-state index in [0.29, 0.717) is 11.7 Å². The molecule has 1 saturated heterocycles. The van der Waals surface area contributed by atoms with Gasteiger partial charge in [0.1, 0.15) is 0 Å². The van der Waals surface area contributed by atoms with Crippen molar-refractivity contribution < 1.29 is 9.84 Å². The molecule has 1 aliphatic heterocycles. The molecule has 1 aromatic rings. The summed E-state index contributed by atoms with van der Waals surface area (Å²) in [6.07, 6.45) is 0.931. The van der Waals surface area contributed by atoms with E-state index in [0.717, 1.165) is 12.0 Å². The molecule has 0 amide bonds. The number of ether oxygens (including phenoxy) is 1. The van der Waals surface area contributed by atoms with Crippen molar-refractivity contribution >= 4 is 0 Å². The van der Waals surface area contributed by atoms with Crippen LogP contribution in [0.4, 0.5) is 0 Å². The van der Waals surface area contributed by atoms with Gasteiger partial charge in [0.25, 0.3) is 0 Å². The number of hydrogen-bond donors (Lipinski definition) is 1. The first kappa shape index (κ1) is 12.2. The lowest BCUT2D eigenvalue weighted by Gasteiger charge is -2.17. The van der Waals surface area contributed by atoms with Gasteiger partial charge in [0.15, 0.2) is 0 Å². The second kappa shape index (κ2) is 4.92.